The molecule has 8 nitrogen and oxygen atoms in total. The van der Waals surface area contributed by atoms with E-state index in [1.54, 1.807) is 33.9 Å². The van der Waals surface area contributed by atoms with Crippen LogP contribution in [0.15, 0.2) is 25.3 Å². The summed E-state index contributed by atoms with van der Waals surface area (Å²) in [5, 5.41) is 9.15. The van der Waals surface area contributed by atoms with Crippen LogP contribution >= 0.6 is 15.9 Å². The Hall–Kier alpha value is -1.71. The van der Waals surface area contributed by atoms with Crippen molar-refractivity contribution in [2.45, 2.75) is 68.1 Å². The number of ether oxygens (including phenoxy) is 1. The molecule has 1 N–H and O–H groups in total. The molecule has 3 unspecified atom stereocenters. The van der Waals surface area contributed by atoms with Crippen molar-refractivity contribution >= 4 is 33.7 Å². The third-order valence-corrected chi connectivity index (χ3v) is 8.22. The average Bonchev–Trinajstić information content (AvgIpc) is 3.37. The molecule has 3 aliphatic rings. The second-order valence-electron chi connectivity index (χ2n) is 9.86. The van der Waals surface area contributed by atoms with Gasteiger partial charge in [0, 0.05) is 44.2 Å². The molecule has 0 aromatic carbocycles. The number of alkyl halides is 1. The minimum atomic E-state index is -1.05. The van der Waals surface area contributed by atoms with E-state index >= 15 is 0 Å². The second kappa shape index (κ2) is 10.9. The summed E-state index contributed by atoms with van der Waals surface area (Å²) in [6.07, 6.45) is 5.41. The van der Waals surface area contributed by atoms with Gasteiger partial charge >= 0.3 is 0 Å². The monoisotopic (exact) mass is 539 g/mol. The number of hydrogen-bond acceptors (Lipinski definition) is 5. The fourth-order valence-corrected chi connectivity index (χ4v) is 6.83. The molecule has 9 heteroatoms. The van der Waals surface area contributed by atoms with Gasteiger partial charge in [-0.1, -0.05) is 28.1 Å². The van der Waals surface area contributed by atoms with Crippen LogP contribution in [-0.4, -0.2) is 99.4 Å². The van der Waals surface area contributed by atoms with Crippen molar-refractivity contribution in [3.63, 3.8) is 0 Å². The number of fused-ring (bicyclic) bond motifs is 1. The van der Waals surface area contributed by atoms with Crippen molar-refractivity contribution in [2.24, 2.45) is 11.8 Å². The number of nitrogens with zero attached hydrogens (tertiary/aromatic N) is 3. The van der Waals surface area contributed by atoms with Crippen LogP contribution in [0.1, 0.15) is 39.5 Å². The molecule has 34 heavy (non-hydrogen) atoms. The summed E-state index contributed by atoms with van der Waals surface area (Å²) in [6, 6.07) is -0.879. The Morgan fingerprint density at radius 3 is 2.50 bits per heavy atom. The third-order valence-electron chi connectivity index (χ3n) is 7.38. The lowest BCUT2D eigenvalue weighted by Gasteiger charge is -2.38. The van der Waals surface area contributed by atoms with Gasteiger partial charge in [-0.3, -0.25) is 14.4 Å². The predicted octanol–water partition coefficient (Wildman–Crippen LogP) is 1.96. The second-order valence-corrected chi connectivity index (χ2v) is 11.0. The van der Waals surface area contributed by atoms with Gasteiger partial charge < -0.3 is 24.5 Å². The summed E-state index contributed by atoms with van der Waals surface area (Å²) in [5.74, 6) is -1.86. The topological polar surface area (TPSA) is 90.4 Å². The molecule has 190 valence electrons. The molecule has 0 aromatic rings. The van der Waals surface area contributed by atoms with E-state index in [1.165, 1.54) is 0 Å². The van der Waals surface area contributed by atoms with Gasteiger partial charge in [-0.25, -0.2) is 0 Å². The molecule has 3 fully saturated rings. The maximum atomic E-state index is 14.0. The molecule has 6 atom stereocenters. The summed E-state index contributed by atoms with van der Waals surface area (Å²) in [5.41, 5.74) is -1.05. The molecule has 3 amide bonds. The maximum absolute atomic E-state index is 14.0. The molecular weight excluding hydrogens is 502 g/mol. The van der Waals surface area contributed by atoms with E-state index in [-0.39, 0.29) is 35.2 Å². The normalized spacial score (nSPS) is 31.6. The van der Waals surface area contributed by atoms with Crippen LogP contribution in [0.5, 0.6) is 0 Å². The highest BCUT2D eigenvalue weighted by Crippen LogP contribution is 2.60. The lowest BCUT2D eigenvalue weighted by atomic mass is 9.70. The van der Waals surface area contributed by atoms with E-state index in [9.17, 15) is 14.4 Å². The number of aliphatic hydroxyl groups excluding tert-OH is 1. The SMILES string of the molecule is C=CCN(C)C(=O)[C@H]1[C@@H]2OC3(CC2Br)C(C(=O)N(CC=C)C(C)C)N(CCCCCO)C(=O)[C@H]13. The van der Waals surface area contributed by atoms with Crippen LogP contribution in [0.2, 0.25) is 0 Å². The highest BCUT2D eigenvalue weighted by atomic mass is 79.9. The van der Waals surface area contributed by atoms with Gasteiger partial charge in [-0.05, 0) is 39.5 Å². The van der Waals surface area contributed by atoms with E-state index in [4.69, 9.17) is 9.84 Å². The Morgan fingerprint density at radius 1 is 1.24 bits per heavy atom. The molecule has 0 aromatic heterocycles. The third kappa shape index (κ3) is 4.46. The largest absolute Gasteiger partial charge is 0.396 e. The predicted molar refractivity (Wildman–Crippen MR) is 133 cm³/mol. The van der Waals surface area contributed by atoms with E-state index in [0.29, 0.717) is 38.9 Å². The number of hydrogen-bond donors (Lipinski definition) is 1. The number of rotatable bonds is 12. The van der Waals surface area contributed by atoms with Crippen molar-refractivity contribution in [1.82, 2.24) is 14.7 Å². The molecular formula is C25H38BrN3O5. The summed E-state index contributed by atoms with van der Waals surface area (Å²) in [4.78, 5) is 46.2. The van der Waals surface area contributed by atoms with Crippen molar-refractivity contribution < 1.29 is 24.2 Å². The summed E-state index contributed by atoms with van der Waals surface area (Å²) in [6.45, 7) is 12.6. The van der Waals surface area contributed by atoms with Gasteiger partial charge in [-0.2, -0.15) is 0 Å². The number of likely N-dealkylation sites (N-methyl/N-ethyl adjacent to an activating group) is 1. The fraction of sp³-hybridized carbons (Fsp3) is 0.720. The van der Waals surface area contributed by atoms with Crippen molar-refractivity contribution in [3.05, 3.63) is 25.3 Å². The van der Waals surface area contributed by atoms with Crippen LogP contribution in [-0.2, 0) is 19.1 Å². The first-order chi connectivity index (χ1) is 16.2. The number of unbranched alkanes of at least 4 members (excludes halogenated alkanes) is 2. The van der Waals surface area contributed by atoms with Gasteiger partial charge in [-0.15, -0.1) is 13.2 Å². The lowest BCUT2D eigenvalue weighted by Crippen LogP contribution is -2.58. The maximum Gasteiger partial charge on any atom is 0.248 e. The Bertz CT molecular complexity index is 820. The first-order valence-electron chi connectivity index (χ1n) is 12.2. The summed E-state index contributed by atoms with van der Waals surface area (Å²) >= 11 is 3.70. The van der Waals surface area contributed by atoms with Gasteiger partial charge in [0.1, 0.15) is 11.6 Å². The fourth-order valence-electron chi connectivity index (χ4n) is 5.89. The zero-order chi connectivity index (χ0) is 25.2. The van der Waals surface area contributed by atoms with E-state index in [1.807, 2.05) is 13.8 Å². The van der Waals surface area contributed by atoms with Gasteiger partial charge in [0.2, 0.25) is 17.7 Å². The minimum absolute atomic E-state index is 0.0817. The minimum Gasteiger partial charge on any atom is -0.396 e. The zero-order valence-electron chi connectivity index (χ0n) is 20.5. The smallest absolute Gasteiger partial charge is 0.248 e. The van der Waals surface area contributed by atoms with Crippen LogP contribution in [0.4, 0.5) is 0 Å². The summed E-state index contributed by atoms with van der Waals surface area (Å²) < 4.78 is 6.53. The molecule has 0 aliphatic carbocycles. The first kappa shape index (κ1) is 26.9. The number of halogens is 1. The van der Waals surface area contributed by atoms with Crippen LogP contribution < -0.4 is 0 Å². The Balaban J connectivity index is 2.02. The van der Waals surface area contributed by atoms with Crippen LogP contribution in [0.25, 0.3) is 0 Å². The van der Waals surface area contributed by atoms with Gasteiger partial charge in [0.05, 0.1) is 17.9 Å². The van der Waals surface area contributed by atoms with Crippen molar-refractivity contribution in [1.29, 1.82) is 0 Å². The average molecular weight is 540 g/mol. The zero-order valence-corrected chi connectivity index (χ0v) is 22.1. The summed E-state index contributed by atoms with van der Waals surface area (Å²) in [7, 11) is 1.70. The van der Waals surface area contributed by atoms with E-state index in [0.717, 1.165) is 6.42 Å². The molecule has 3 aliphatic heterocycles. The van der Waals surface area contributed by atoms with E-state index in [2.05, 4.69) is 29.1 Å². The Labute approximate surface area is 211 Å². The first-order valence-corrected chi connectivity index (χ1v) is 13.1. The van der Waals surface area contributed by atoms with Gasteiger partial charge in [0.15, 0.2) is 0 Å². The number of likely N-dealkylation sites (tertiary alicyclic amines) is 1. The standard InChI is InChI=1S/C25H38BrN3O5/c1-6-11-27(5)22(31)18-19-23(32)29(13-9-8-10-14-30)21(24(33)28(12-7-2)16(3)4)25(19)15-17(26)20(18)34-25/h6-7,16-21,30H,1-2,8-15H2,3-5H3/t17?,18-,19+,20-,21?,25?/m1/s1. The lowest BCUT2D eigenvalue weighted by molar-refractivity contribution is -0.149. The Kier molecular flexibility index (Phi) is 8.63. The molecule has 1 spiro atoms. The van der Waals surface area contributed by atoms with Crippen LogP contribution in [0.3, 0.4) is 0 Å². The molecule has 3 heterocycles. The highest BCUT2D eigenvalue weighted by molar-refractivity contribution is 9.09. The molecule has 0 radical (unpaired) electrons. The number of amides is 3. The molecule has 0 saturated carbocycles. The Morgan fingerprint density at radius 2 is 1.91 bits per heavy atom. The molecule has 3 saturated heterocycles. The molecule has 3 rings (SSSR count). The van der Waals surface area contributed by atoms with Crippen LogP contribution in [0, 0.1) is 11.8 Å². The highest BCUT2D eigenvalue weighted by Gasteiger charge is 2.76. The molecule has 2 bridgehead atoms. The number of carbonyl (C=O) groups excluding carboxylic acids is 3. The number of aliphatic hydroxyl groups is 1. The number of carbonyl (C=O) groups is 3. The van der Waals surface area contributed by atoms with Crippen molar-refractivity contribution in [2.75, 3.05) is 33.3 Å². The van der Waals surface area contributed by atoms with Gasteiger partial charge in [0.25, 0.3) is 0 Å². The van der Waals surface area contributed by atoms with E-state index < -0.39 is 29.6 Å². The quantitative estimate of drug-likeness (QED) is 0.232. The van der Waals surface area contributed by atoms with Crippen molar-refractivity contribution in [3.8, 4) is 0 Å².